The van der Waals surface area contributed by atoms with Gasteiger partial charge in [0, 0.05) is 46.3 Å². The fraction of sp³-hybridized carbons (Fsp3) is 0.577. The fourth-order valence-electron chi connectivity index (χ4n) is 4.26. The van der Waals surface area contributed by atoms with Crippen LogP contribution >= 0.6 is 0 Å². The van der Waals surface area contributed by atoms with E-state index in [4.69, 9.17) is 37.9 Å². The van der Waals surface area contributed by atoms with Gasteiger partial charge in [0.2, 0.25) is 12.4 Å². The van der Waals surface area contributed by atoms with Gasteiger partial charge >= 0.3 is 23.9 Å². The number of hydrogen-bond donors (Lipinski definition) is 0. The normalized spacial score (nSPS) is 24.3. The highest BCUT2D eigenvalue weighted by Crippen LogP contribution is 2.35. The van der Waals surface area contributed by atoms with Crippen molar-refractivity contribution < 1.29 is 61.9 Å². The number of rotatable bonds is 9. The van der Waals surface area contributed by atoms with Crippen molar-refractivity contribution in [2.45, 2.75) is 58.4 Å². The summed E-state index contributed by atoms with van der Waals surface area (Å²) in [6.07, 6.45) is -6.76. The van der Waals surface area contributed by atoms with Crippen molar-refractivity contribution >= 4 is 29.8 Å². The minimum atomic E-state index is -1.45. The second-order valence-electron chi connectivity index (χ2n) is 8.96. The van der Waals surface area contributed by atoms with Gasteiger partial charge in [-0.25, -0.2) is 0 Å². The Kier molecular flexibility index (Phi) is 10.7. The second kappa shape index (κ2) is 13.9. The number of hydrogen-bond acceptors (Lipinski definition) is 13. The van der Waals surface area contributed by atoms with Crippen LogP contribution in [0, 0.1) is 0 Å². The van der Waals surface area contributed by atoms with Gasteiger partial charge in [0.15, 0.2) is 23.7 Å². The first kappa shape index (κ1) is 30.6. The summed E-state index contributed by atoms with van der Waals surface area (Å²) in [5, 5.41) is 0. The molecule has 5 atom stereocenters. The van der Waals surface area contributed by atoms with Crippen LogP contribution in [-0.2, 0) is 47.6 Å². The van der Waals surface area contributed by atoms with E-state index in [-0.39, 0.29) is 17.4 Å². The van der Waals surface area contributed by atoms with E-state index >= 15 is 0 Å². The number of methoxy groups -OCH3 is 1. The molecule has 0 unspecified atom stereocenters. The molecular weight excluding hydrogens is 534 g/mol. The van der Waals surface area contributed by atoms with E-state index in [9.17, 15) is 24.0 Å². The van der Waals surface area contributed by atoms with Gasteiger partial charge in [0.1, 0.15) is 12.7 Å². The van der Waals surface area contributed by atoms with Crippen molar-refractivity contribution in [2.75, 3.05) is 40.0 Å². The molecule has 1 aromatic carbocycles. The number of ether oxygens (including phenoxy) is 8. The molecule has 0 radical (unpaired) electrons. The van der Waals surface area contributed by atoms with Crippen molar-refractivity contribution in [3.05, 3.63) is 23.8 Å². The van der Waals surface area contributed by atoms with E-state index in [0.29, 0.717) is 31.9 Å². The third-order valence-corrected chi connectivity index (χ3v) is 5.90. The summed E-state index contributed by atoms with van der Waals surface area (Å²) in [4.78, 5) is 62.0. The lowest BCUT2D eigenvalue weighted by atomic mass is 9.98. The molecule has 1 amide bonds. The largest absolute Gasteiger partial charge is 0.493 e. The second-order valence-corrected chi connectivity index (χ2v) is 8.96. The molecule has 0 spiro atoms. The van der Waals surface area contributed by atoms with Gasteiger partial charge in [0.25, 0.3) is 5.91 Å². The Bertz CT molecular complexity index is 1100. The lowest BCUT2D eigenvalue weighted by Gasteiger charge is -2.44. The minimum absolute atomic E-state index is 0.0990. The Balaban J connectivity index is 1.96. The zero-order chi connectivity index (χ0) is 29.4. The van der Waals surface area contributed by atoms with E-state index in [1.54, 1.807) is 4.90 Å². The Morgan fingerprint density at radius 3 is 2.00 bits per heavy atom. The van der Waals surface area contributed by atoms with E-state index in [2.05, 4.69) is 0 Å². The van der Waals surface area contributed by atoms with Gasteiger partial charge in [-0.2, -0.15) is 0 Å². The van der Waals surface area contributed by atoms with Crippen molar-refractivity contribution in [1.29, 1.82) is 0 Å². The summed E-state index contributed by atoms with van der Waals surface area (Å²) in [5.74, 6) is -2.89. The maximum absolute atomic E-state index is 12.9. The van der Waals surface area contributed by atoms with Crippen LogP contribution in [0.15, 0.2) is 18.2 Å². The predicted molar refractivity (Wildman–Crippen MR) is 132 cm³/mol. The molecule has 2 aliphatic rings. The molecular formula is C26H33NO13. The standard InChI is InChI=1S/C26H33NO13/c1-14(28)35-13-21-22(36-15(2)29)23(37-16(3)30)24(38-17(4)31)26(40-21)39-19-7-6-18(12-20(19)33-5)25(32)27-8-10-34-11-9-27/h6-7,12,21-24,26H,8-11,13H2,1-5H3/t21-,22+,23-,24+,26+/m0/s1. The lowest BCUT2D eigenvalue weighted by molar-refractivity contribution is -0.288. The van der Waals surface area contributed by atoms with Gasteiger partial charge in [0.05, 0.1) is 20.3 Å². The summed E-state index contributed by atoms with van der Waals surface area (Å²) in [6.45, 7) is 5.92. The average molecular weight is 568 g/mol. The van der Waals surface area contributed by atoms with Crippen molar-refractivity contribution in [3.8, 4) is 11.5 Å². The summed E-state index contributed by atoms with van der Waals surface area (Å²) in [7, 11) is 1.37. The summed E-state index contributed by atoms with van der Waals surface area (Å²) in [6, 6.07) is 4.49. The monoisotopic (exact) mass is 567 g/mol. The third-order valence-electron chi connectivity index (χ3n) is 5.90. The third kappa shape index (κ3) is 8.05. The van der Waals surface area contributed by atoms with E-state index < -0.39 is 61.2 Å². The summed E-state index contributed by atoms with van der Waals surface area (Å²) >= 11 is 0. The molecule has 14 heteroatoms. The smallest absolute Gasteiger partial charge is 0.303 e. The van der Waals surface area contributed by atoms with Crippen LogP contribution in [0.2, 0.25) is 0 Å². The molecule has 0 saturated carbocycles. The number of amides is 1. The molecule has 1 aromatic rings. The van der Waals surface area contributed by atoms with Crippen molar-refractivity contribution in [2.24, 2.45) is 0 Å². The summed E-state index contributed by atoms with van der Waals surface area (Å²) < 4.78 is 44.0. The highest BCUT2D eigenvalue weighted by Gasteiger charge is 2.53. The number of carbonyl (C=O) groups is 5. The van der Waals surface area contributed by atoms with E-state index in [0.717, 1.165) is 20.8 Å². The van der Waals surface area contributed by atoms with Crippen LogP contribution < -0.4 is 9.47 Å². The number of esters is 4. The van der Waals surface area contributed by atoms with Crippen LogP contribution in [-0.4, -0.2) is 105 Å². The minimum Gasteiger partial charge on any atom is -0.493 e. The van der Waals surface area contributed by atoms with Gasteiger partial charge in [-0.1, -0.05) is 0 Å². The van der Waals surface area contributed by atoms with Crippen molar-refractivity contribution in [1.82, 2.24) is 4.90 Å². The Morgan fingerprint density at radius 2 is 1.43 bits per heavy atom. The molecule has 0 N–H and O–H groups in total. The molecule has 0 aromatic heterocycles. The molecule has 2 aliphatic heterocycles. The van der Waals surface area contributed by atoms with Crippen LogP contribution in [0.5, 0.6) is 11.5 Å². The lowest BCUT2D eigenvalue weighted by Crippen LogP contribution is -2.63. The maximum Gasteiger partial charge on any atom is 0.303 e. The van der Waals surface area contributed by atoms with Crippen molar-refractivity contribution in [3.63, 3.8) is 0 Å². The zero-order valence-corrected chi connectivity index (χ0v) is 22.9. The molecule has 220 valence electrons. The number of nitrogens with zero attached hydrogens (tertiary/aromatic N) is 1. The molecule has 14 nitrogen and oxygen atoms in total. The van der Waals surface area contributed by atoms with Crippen LogP contribution in [0.25, 0.3) is 0 Å². The predicted octanol–water partition coefficient (Wildman–Crippen LogP) is 0.630. The molecule has 2 saturated heterocycles. The van der Waals surface area contributed by atoms with E-state index in [1.165, 1.54) is 32.2 Å². The first-order valence-corrected chi connectivity index (χ1v) is 12.5. The average Bonchev–Trinajstić information content (AvgIpc) is 2.90. The Labute approximate surface area is 230 Å². The first-order chi connectivity index (χ1) is 19.0. The Hall–Kier alpha value is -3.91. The number of carbonyl (C=O) groups excluding carboxylic acids is 5. The molecule has 0 aliphatic carbocycles. The maximum atomic E-state index is 12.9. The van der Waals surface area contributed by atoms with Gasteiger partial charge < -0.3 is 42.8 Å². The van der Waals surface area contributed by atoms with Gasteiger partial charge in [-0.15, -0.1) is 0 Å². The fourth-order valence-corrected chi connectivity index (χ4v) is 4.26. The Morgan fingerprint density at radius 1 is 0.825 bits per heavy atom. The first-order valence-electron chi connectivity index (χ1n) is 12.5. The highest BCUT2D eigenvalue weighted by atomic mass is 16.7. The SMILES string of the molecule is COc1cc(C(=O)N2CCOCC2)ccc1O[C@@H]1O[C@@H](COC(C)=O)[C@@H](OC(C)=O)[C@H](OC(C)=O)[C@H]1OC(C)=O. The molecule has 2 heterocycles. The molecule has 2 fully saturated rings. The van der Waals surface area contributed by atoms with Gasteiger partial charge in [-0.3, -0.25) is 24.0 Å². The summed E-state index contributed by atoms with van der Waals surface area (Å²) in [5.41, 5.74) is 0.340. The van der Waals surface area contributed by atoms with Crippen LogP contribution in [0.4, 0.5) is 0 Å². The molecule has 0 bridgehead atoms. The molecule has 3 rings (SSSR count). The molecule has 40 heavy (non-hydrogen) atoms. The van der Waals surface area contributed by atoms with Crippen LogP contribution in [0.1, 0.15) is 38.1 Å². The van der Waals surface area contributed by atoms with Gasteiger partial charge in [-0.05, 0) is 18.2 Å². The highest BCUT2D eigenvalue weighted by molar-refractivity contribution is 5.95. The quantitative estimate of drug-likeness (QED) is 0.302. The number of benzene rings is 1. The topological polar surface area (TPSA) is 162 Å². The zero-order valence-electron chi connectivity index (χ0n) is 22.9. The number of morpholine rings is 1. The van der Waals surface area contributed by atoms with E-state index in [1.807, 2.05) is 0 Å². The van der Waals surface area contributed by atoms with Crippen LogP contribution in [0.3, 0.4) is 0 Å².